The van der Waals surface area contributed by atoms with Gasteiger partial charge in [-0.1, -0.05) is 59.7 Å². The molecule has 19 heavy (non-hydrogen) atoms. The molecule has 2 aromatic rings. The summed E-state index contributed by atoms with van der Waals surface area (Å²) >= 11 is 0. The van der Waals surface area contributed by atoms with Crippen molar-refractivity contribution >= 4 is 5.69 Å². The molecular formula is C16H15F2N. The first-order valence-electron chi connectivity index (χ1n) is 5.82. The fourth-order valence-electron chi connectivity index (χ4n) is 1.50. The van der Waals surface area contributed by atoms with Crippen LogP contribution in [0.5, 0.6) is 0 Å². The summed E-state index contributed by atoms with van der Waals surface area (Å²) < 4.78 is 23.9. The topological polar surface area (TPSA) is 4.36 Å². The van der Waals surface area contributed by atoms with Crippen LogP contribution in [0.25, 0.3) is 4.85 Å². The molecule has 0 aliphatic rings. The molecule has 0 heterocycles. The van der Waals surface area contributed by atoms with Gasteiger partial charge in [0.2, 0.25) is 0 Å². The van der Waals surface area contributed by atoms with Crippen molar-refractivity contribution in [3.8, 4) is 0 Å². The van der Waals surface area contributed by atoms with E-state index in [-0.39, 0.29) is 5.56 Å². The van der Waals surface area contributed by atoms with E-state index in [2.05, 4.69) is 4.85 Å². The molecule has 0 N–H and O–H groups in total. The van der Waals surface area contributed by atoms with Gasteiger partial charge in [0, 0.05) is 5.56 Å². The highest BCUT2D eigenvalue weighted by Crippen LogP contribution is 2.18. The molecule has 0 aromatic heterocycles. The molecular weight excluding hydrogens is 244 g/mol. The molecule has 0 fully saturated rings. The molecule has 0 spiro atoms. The fourth-order valence-corrected chi connectivity index (χ4v) is 1.50. The van der Waals surface area contributed by atoms with Crippen LogP contribution in [-0.2, 0) is 0 Å². The number of benzene rings is 2. The maximum Gasteiger partial charge on any atom is 0.263 e. The fraction of sp³-hybridized carbons (Fsp3) is 0.188. The average molecular weight is 259 g/mol. The van der Waals surface area contributed by atoms with Crippen LogP contribution in [0.2, 0.25) is 0 Å². The van der Waals surface area contributed by atoms with Crippen molar-refractivity contribution < 1.29 is 8.78 Å². The summed E-state index contributed by atoms with van der Waals surface area (Å²) in [6, 6.07) is 13.9. The Balaban J connectivity index is 0.000000191. The van der Waals surface area contributed by atoms with E-state index in [0.29, 0.717) is 0 Å². The third-order valence-electron chi connectivity index (χ3n) is 2.42. The van der Waals surface area contributed by atoms with Crippen molar-refractivity contribution in [1.82, 2.24) is 0 Å². The van der Waals surface area contributed by atoms with Gasteiger partial charge in [-0.15, -0.1) is 0 Å². The van der Waals surface area contributed by atoms with Crippen molar-refractivity contribution in [1.29, 1.82) is 0 Å². The largest absolute Gasteiger partial charge is 0.263 e. The molecule has 0 aliphatic carbocycles. The lowest BCUT2D eigenvalue weighted by molar-refractivity contribution is 0.151. The van der Waals surface area contributed by atoms with E-state index in [4.69, 9.17) is 6.57 Å². The monoisotopic (exact) mass is 259 g/mol. The van der Waals surface area contributed by atoms with Gasteiger partial charge in [0.05, 0.1) is 6.57 Å². The molecule has 2 aromatic carbocycles. The molecule has 0 amide bonds. The minimum atomic E-state index is -2.35. The highest BCUT2D eigenvalue weighted by Gasteiger charge is 2.04. The standard InChI is InChI=1S/C8H8F2.C8H7N/c1-6-3-2-4-7(5-6)8(9)10;1-7-4-3-5-8(6-7)9-2/h2-5,8H,1H3;3-6H,1H3. The van der Waals surface area contributed by atoms with Crippen molar-refractivity contribution in [3.63, 3.8) is 0 Å². The number of hydrogen-bond donors (Lipinski definition) is 0. The number of rotatable bonds is 1. The zero-order chi connectivity index (χ0) is 14.3. The van der Waals surface area contributed by atoms with Crippen LogP contribution in [0.1, 0.15) is 23.1 Å². The van der Waals surface area contributed by atoms with Crippen LogP contribution in [0.15, 0.2) is 48.5 Å². The van der Waals surface area contributed by atoms with Crippen LogP contribution in [0, 0.1) is 20.4 Å². The lowest BCUT2D eigenvalue weighted by Gasteiger charge is -1.98. The van der Waals surface area contributed by atoms with Crippen molar-refractivity contribution in [2.45, 2.75) is 20.3 Å². The molecule has 0 aliphatic heterocycles. The molecule has 0 atom stereocenters. The first kappa shape index (κ1) is 14.8. The summed E-state index contributed by atoms with van der Waals surface area (Å²) in [5.41, 5.74) is 2.83. The first-order chi connectivity index (χ1) is 9.02. The molecule has 0 radical (unpaired) electrons. The number of hydrogen-bond acceptors (Lipinski definition) is 0. The quantitative estimate of drug-likeness (QED) is 0.597. The molecule has 98 valence electrons. The Labute approximate surface area is 112 Å². The zero-order valence-corrected chi connectivity index (χ0v) is 10.9. The van der Waals surface area contributed by atoms with Crippen LogP contribution in [0.4, 0.5) is 14.5 Å². The first-order valence-corrected chi connectivity index (χ1v) is 5.82. The van der Waals surface area contributed by atoms with Crippen LogP contribution < -0.4 is 0 Å². The van der Waals surface area contributed by atoms with E-state index in [0.717, 1.165) is 16.8 Å². The zero-order valence-electron chi connectivity index (χ0n) is 10.9. The van der Waals surface area contributed by atoms with E-state index in [1.54, 1.807) is 25.1 Å². The van der Waals surface area contributed by atoms with Crippen molar-refractivity contribution in [2.24, 2.45) is 0 Å². The Bertz CT molecular complexity index is 571. The predicted octanol–water partition coefficient (Wildman–Crippen LogP) is 5.48. The van der Waals surface area contributed by atoms with Gasteiger partial charge < -0.3 is 0 Å². The number of aryl methyl sites for hydroxylation is 2. The van der Waals surface area contributed by atoms with Gasteiger partial charge in [-0.2, -0.15) is 0 Å². The van der Waals surface area contributed by atoms with E-state index in [9.17, 15) is 8.78 Å². The number of nitrogens with zero attached hydrogens (tertiary/aromatic N) is 1. The minimum Gasteiger partial charge on any atom is -0.238 e. The molecule has 0 saturated carbocycles. The van der Waals surface area contributed by atoms with Gasteiger partial charge in [-0.25, -0.2) is 13.6 Å². The Morgan fingerprint density at radius 2 is 1.53 bits per heavy atom. The Hall–Kier alpha value is -2.21. The summed E-state index contributed by atoms with van der Waals surface area (Å²) in [5, 5.41) is 0. The van der Waals surface area contributed by atoms with Crippen LogP contribution in [-0.4, -0.2) is 0 Å². The Kier molecular flexibility index (Phi) is 5.69. The second kappa shape index (κ2) is 7.27. The van der Waals surface area contributed by atoms with Gasteiger partial charge in [0.15, 0.2) is 5.69 Å². The summed E-state index contributed by atoms with van der Waals surface area (Å²) in [7, 11) is 0. The molecule has 1 nitrogen and oxygen atoms in total. The molecule has 0 unspecified atom stereocenters. The maximum absolute atomic E-state index is 11.9. The van der Waals surface area contributed by atoms with Gasteiger partial charge >= 0.3 is 0 Å². The van der Waals surface area contributed by atoms with Crippen molar-refractivity contribution in [2.75, 3.05) is 0 Å². The second-order valence-electron chi connectivity index (χ2n) is 4.17. The summed E-state index contributed by atoms with van der Waals surface area (Å²) in [6.07, 6.45) is -2.35. The minimum absolute atomic E-state index is 0.0972. The van der Waals surface area contributed by atoms with Crippen LogP contribution >= 0.6 is 0 Å². The highest BCUT2D eigenvalue weighted by atomic mass is 19.3. The van der Waals surface area contributed by atoms with E-state index in [1.807, 2.05) is 25.1 Å². The van der Waals surface area contributed by atoms with Gasteiger partial charge in [-0.05, 0) is 13.8 Å². The van der Waals surface area contributed by atoms with Gasteiger partial charge in [0.25, 0.3) is 6.43 Å². The van der Waals surface area contributed by atoms with E-state index < -0.39 is 6.43 Å². The van der Waals surface area contributed by atoms with Crippen LogP contribution in [0.3, 0.4) is 0 Å². The normalized spacial score (nSPS) is 9.47. The third kappa shape index (κ3) is 5.31. The SMILES string of the molecule is Cc1cccc(C(F)F)c1.[C-]#[N+]c1cccc(C)c1. The molecule has 3 heteroatoms. The lowest BCUT2D eigenvalue weighted by atomic mass is 10.1. The maximum atomic E-state index is 11.9. The Morgan fingerprint density at radius 3 is 1.89 bits per heavy atom. The Morgan fingerprint density at radius 1 is 0.947 bits per heavy atom. The van der Waals surface area contributed by atoms with Crippen molar-refractivity contribution in [3.05, 3.63) is 76.6 Å². The lowest BCUT2D eigenvalue weighted by Crippen LogP contribution is -1.83. The van der Waals surface area contributed by atoms with E-state index in [1.165, 1.54) is 12.1 Å². The highest BCUT2D eigenvalue weighted by molar-refractivity contribution is 5.45. The predicted molar refractivity (Wildman–Crippen MR) is 73.6 cm³/mol. The average Bonchev–Trinajstić information content (AvgIpc) is 2.39. The summed E-state index contributed by atoms with van der Waals surface area (Å²) in [6.45, 7) is 10.4. The van der Waals surface area contributed by atoms with Gasteiger partial charge in [-0.3, -0.25) is 0 Å². The molecule has 2 rings (SSSR count). The molecule has 0 saturated heterocycles. The van der Waals surface area contributed by atoms with Gasteiger partial charge in [0.1, 0.15) is 0 Å². The smallest absolute Gasteiger partial charge is 0.238 e. The number of halogens is 2. The molecule has 0 bridgehead atoms. The summed E-state index contributed by atoms with van der Waals surface area (Å²) in [5.74, 6) is 0. The second-order valence-corrected chi connectivity index (χ2v) is 4.17. The number of alkyl halides is 2. The summed E-state index contributed by atoms with van der Waals surface area (Å²) in [4.78, 5) is 3.28. The van der Waals surface area contributed by atoms with E-state index >= 15 is 0 Å². The third-order valence-corrected chi connectivity index (χ3v) is 2.42.